The minimum Gasteiger partial charge on any atom is -0.356 e. The van der Waals surface area contributed by atoms with Crippen molar-refractivity contribution in [3.63, 3.8) is 0 Å². The average molecular weight is 523 g/mol. The number of carbonyl (C=O) groups excluding carboxylic acids is 1. The first kappa shape index (κ1) is 22.9. The van der Waals surface area contributed by atoms with Crippen LogP contribution in [0.2, 0.25) is 0 Å². The van der Waals surface area contributed by atoms with Gasteiger partial charge in [-0.25, -0.2) is 4.39 Å². The Morgan fingerprint density at radius 1 is 1.16 bits per heavy atom. The molecule has 0 saturated carbocycles. The Labute approximate surface area is 192 Å². The molecule has 7 nitrogen and oxygen atoms in total. The van der Waals surface area contributed by atoms with Gasteiger partial charge in [0.05, 0.1) is 30.0 Å². The SMILES string of the molecule is O=C(CCc1cnoc1-c1ccc(F)c(Br)c1)Nc1ccc(CP2(=O)OCCCO2)cc1. The van der Waals surface area contributed by atoms with Gasteiger partial charge in [-0.15, -0.1) is 0 Å². The summed E-state index contributed by atoms with van der Waals surface area (Å²) in [6.07, 6.45) is 3.14. The van der Waals surface area contributed by atoms with E-state index in [2.05, 4.69) is 26.4 Å². The molecular weight excluding hydrogens is 502 g/mol. The van der Waals surface area contributed by atoms with Crippen LogP contribution >= 0.6 is 23.5 Å². The lowest BCUT2D eigenvalue weighted by atomic mass is 10.1. The van der Waals surface area contributed by atoms with Gasteiger partial charge in [0.25, 0.3) is 0 Å². The molecule has 0 aliphatic carbocycles. The second-order valence-electron chi connectivity index (χ2n) is 7.34. The number of benzene rings is 2. The third-order valence-electron chi connectivity index (χ3n) is 4.93. The molecule has 1 aliphatic rings. The predicted octanol–water partition coefficient (Wildman–Crippen LogP) is 5.94. The summed E-state index contributed by atoms with van der Waals surface area (Å²) >= 11 is 3.16. The molecule has 0 unspecified atom stereocenters. The van der Waals surface area contributed by atoms with E-state index in [1.807, 2.05) is 0 Å². The van der Waals surface area contributed by atoms with Crippen LogP contribution in [0.1, 0.15) is 24.0 Å². The number of hydrogen-bond acceptors (Lipinski definition) is 6. The number of halogens is 2. The van der Waals surface area contributed by atoms with Gasteiger partial charge < -0.3 is 18.9 Å². The van der Waals surface area contributed by atoms with Gasteiger partial charge in [-0.1, -0.05) is 17.3 Å². The second-order valence-corrected chi connectivity index (χ2v) is 10.3. The van der Waals surface area contributed by atoms with Crippen LogP contribution in [0.4, 0.5) is 10.1 Å². The summed E-state index contributed by atoms with van der Waals surface area (Å²) in [5.41, 5.74) is 2.88. The van der Waals surface area contributed by atoms with Crippen molar-refractivity contribution < 1.29 is 27.3 Å². The third-order valence-corrected chi connectivity index (χ3v) is 7.44. The van der Waals surface area contributed by atoms with Crippen molar-refractivity contribution in [3.8, 4) is 11.3 Å². The monoisotopic (exact) mass is 522 g/mol. The largest absolute Gasteiger partial charge is 0.356 e. The van der Waals surface area contributed by atoms with Crippen LogP contribution in [-0.4, -0.2) is 24.3 Å². The third kappa shape index (κ3) is 5.72. The second kappa shape index (κ2) is 10.1. The fourth-order valence-electron chi connectivity index (χ4n) is 3.30. The summed E-state index contributed by atoms with van der Waals surface area (Å²) in [5.74, 6) is -0.0342. The normalized spacial score (nSPS) is 15.4. The highest BCUT2D eigenvalue weighted by molar-refractivity contribution is 9.10. The standard InChI is InChI=1S/C22H21BrFN2O5P/c23-19-12-16(4-8-20(19)24)22-17(13-25-31-22)5-9-21(27)26-18-6-2-15(3-7-18)14-32(28)29-10-1-11-30-32/h2-4,6-8,12-13H,1,5,9-11,14H2,(H,26,27). The van der Waals surface area contributed by atoms with Gasteiger partial charge in [-0.05, 0) is 64.7 Å². The van der Waals surface area contributed by atoms with Crippen molar-refractivity contribution in [3.05, 3.63) is 70.1 Å². The zero-order chi connectivity index (χ0) is 22.6. The van der Waals surface area contributed by atoms with Crippen molar-refractivity contribution >= 4 is 35.1 Å². The molecule has 2 heterocycles. The molecule has 1 saturated heterocycles. The minimum absolute atomic E-state index is 0.170. The van der Waals surface area contributed by atoms with Gasteiger partial charge in [0.2, 0.25) is 5.91 Å². The maximum Gasteiger partial charge on any atom is 0.335 e. The molecule has 1 amide bonds. The van der Waals surface area contributed by atoms with E-state index in [1.54, 1.807) is 42.6 Å². The summed E-state index contributed by atoms with van der Waals surface area (Å²) in [7, 11) is -3.08. The molecule has 0 atom stereocenters. The molecule has 10 heteroatoms. The molecule has 32 heavy (non-hydrogen) atoms. The number of anilines is 1. The highest BCUT2D eigenvalue weighted by Gasteiger charge is 2.28. The van der Waals surface area contributed by atoms with Crippen LogP contribution < -0.4 is 5.32 Å². The maximum atomic E-state index is 13.5. The highest BCUT2D eigenvalue weighted by Crippen LogP contribution is 2.53. The number of nitrogens with zero attached hydrogens (tertiary/aromatic N) is 1. The average Bonchev–Trinajstić information content (AvgIpc) is 3.25. The molecule has 2 aromatic carbocycles. The van der Waals surface area contributed by atoms with Gasteiger partial charge in [-0.2, -0.15) is 0 Å². The first-order valence-electron chi connectivity index (χ1n) is 10.1. The number of nitrogens with one attached hydrogen (secondary N) is 1. The van der Waals surface area contributed by atoms with Crippen LogP contribution in [0.5, 0.6) is 0 Å². The molecule has 0 spiro atoms. The number of rotatable bonds is 7. The molecule has 4 rings (SSSR count). The highest BCUT2D eigenvalue weighted by atomic mass is 79.9. The van der Waals surface area contributed by atoms with E-state index in [0.29, 0.717) is 41.1 Å². The van der Waals surface area contributed by atoms with Crippen LogP contribution in [-0.2, 0) is 31.0 Å². The summed E-state index contributed by atoms with van der Waals surface area (Å²) in [5, 5.41) is 6.66. The number of aryl methyl sites for hydroxylation is 1. The Morgan fingerprint density at radius 2 is 1.91 bits per heavy atom. The van der Waals surface area contributed by atoms with Crippen molar-refractivity contribution in [2.45, 2.75) is 25.4 Å². The van der Waals surface area contributed by atoms with Gasteiger partial charge in [0, 0.05) is 23.2 Å². The molecule has 1 aliphatic heterocycles. The van der Waals surface area contributed by atoms with Crippen LogP contribution in [0.3, 0.4) is 0 Å². The lowest BCUT2D eigenvalue weighted by Gasteiger charge is -2.22. The summed E-state index contributed by atoms with van der Waals surface area (Å²) < 4.78 is 42.2. The summed E-state index contributed by atoms with van der Waals surface area (Å²) in [6, 6.07) is 11.6. The summed E-state index contributed by atoms with van der Waals surface area (Å²) in [4.78, 5) is 12.4. The van der Waals surface area contributed by atoms with E-state index >= 15 is 0 Å². The summed E-state index contributed by atoms with van der Waals surface area (Å²) in [6.45, 7) is 0.884. The van der Waals surface area contributed by atoms with Gasteiger partial charge in [-0.3, -0.25) is 9.36 Å². The van der Waals surface area contributed by atoms with Crippen molar-refractivity contribution in [2.24, 2.45) is 0 Å². The smallest absolute Gasteiger partial charge is 0.335 e. The number of amides is 1. The first-order chi connectivity index (χ1) is 15.4. The predicted molar refractivity (Wildman–Crippen MR) is 121 cm³/mol. The minimum atomic E-state index is -3.08. The van der Waals surface area contributed by atoms with Gasteiger partial charge >= 0.3 is 7.60 Å². The number of aromatic nitrogens is 1. The van der Waals surface area contributed by atoms with Crippen molar-refractivity contribution in [2.75, 3.05) is 18.5 Å². The van der Waals surface area contributed by atoms with Crippen LogP contribution in [0, 0.1) is 5.82 Å². The Morgan fingerprint density at radius 3 is 2.62 bits per heavy atom. The maximum absolute atomic E-state index is 13.5. The molecule has 168 valence electrons. The van der Waals surface area contributed by atoms with Crippen molar-refractivity contribution in [1.29, 1.82) is 0 Å². The lowest BCUT2D eigenvalue weighted by molar-refractivity contribution is -0.116. The fourth-order valence-corrected chi connectivity index (χ4v) is 5.41. The molecule has 1 fully saturated rings. The van der Waals surface area contributed by atoms with Crippen LogP contribution in [0.25, 0.3) is 11.3 Å². The van der Waals surface area contributed by atoms with E-state index in [9.17, 15) is 13.8 Å². The fraction of sp³-hybridized carbons (Fsp3) is 0.273. The Hall–Kier alpha value is -2.32. The van der Waals surface area contributed by atoms with E-state index in [-0.39, 0.29) is 24.3 Å². The molecule has 1 N–H and O–H groups in total. The van der Waals surface area contributed by atoms with E-state index < -0.39 is 7.60 Å². The zero-order valence-corrected chi connectivity index (χ0v) is 19.5. The van der Waals surface area contributed by atoms with Crippen LogP contribution in [0.15, 0.2) is 57.7 Å². The Kier molecular flexibility index (Phi) is 7.20. The van der Waals surface area contributed by atoms with E-state index in [0.717, 1.165) is 17.5 Å². The molecule has 3 aromatic rings. The molecule has 0 bridgehead atoms. The van der Waals surface area contributed by atoms with Gasteiger partial charge in [0.15, 0.2) is 5.76 Å². The Bertz CT molecular complexity index is 1140. The van der Waals surface area contributed by atoms with E-state index in [1.165, 1.54) is 6.07 Å². The molecule has 0 radical (unpaired) electrons. The molecule has 1 aromatic heterocycles. The Balaban J connectivity index is 1.32. The number of carbonyl (C=O) groups is 1. The molecular formula is C22H21BrFN2O5P. The topological polar surface area (TPSA) is 90.7 Å². The van der Waals surface area contributed by atoms with Gasteiger partial charge in [0.1, 0.15) is 5.82 Å². The first-order valence-corrected chi connectivity index (χ1v) is 12.6. The quantitative estimate of drug-likeness (QED) is 0.386. The van der Waals surface area contributed by atoms with E-state index in [4.69, 9.17) is 13.6 Å². The van der Waals surface area contributed by atoms with Crippen molar-refractivity contribution in [1.82, 2.24) is 5.16 Å². The zero-order valence-electron chi connectivity index (χ0n) is 17.1. The lowest BCUT2D eigenvalue weighted by Crippen LogP contribution is -2.12. The number of hydrogen-bond donors (Lipinski definition) is 1.